The van der Waals surface area contributed by atoms with E-state index in [0.29, 0.717) is 0 Å². The Kier molecular flexibility index (Phi) is 6.54. The highest BCUT2D eigenvalue weighted by Gasteiger charge is 2.72. The summed E-state index contributed by atoms with van der Waals surface area (Å²) in [5, 5.41) is 20.4. The highest BCUT2D eigenvalue weighted by Crippen LogP contribution is 2.62. The topological polar surface area (TPSA) is 257 Å². The molecule has 4 aromatic rings. The second kappa shape index (κ2) is 9.87. The van der Waals surface area contributed by atoms with Crippen LogP contribution in [0.25, 0.3) is 22.3 Å². The number of aliphatic hydroxyl groups excluding tert-OH is 2. The van der Waals surface area contributed by atoms with E-state index in [2.05, 4.69) is 29.9 Å². The van der Waals surface area contributed by atoms with Gasteiger partial charge in [-0.15, -0.1) is 0 Å². The van der Waals surface area contributed by atoms with Crippen LogP contribution in [0.5, 0.6) is 0 Å². The molecule has 0 radical (unpaired) electrons. The van der Waals surface area contributed by atoms with Crippen LogP contribution >= 0.6 is 6.72 Å². The number of anilines is 2. The monoisotopic (exact) mass is 644 g/mol. The van der Waals surface area contributed by atoms with E-state index in [1.54, 1.807) is 0 Å². The Morgan fingerprint density at radius 2 is 1.84 bits per heavy atom. The summed E-state index contributed by atoms with van der Waals surface area (Å²) in [4.78, 5) is 45.4. The van der Waals surface area contributed by atoms with E-state index in [-0.39, 0.29) is 40.5 Å². The van der Waals surface area contributed by atoms with Gasteiger partial charge < -0.3 is 40.6 Å². The third-order valence-corrected chi connectivity index (χ3v) is 9.20. The summed E-state index contributed by atoms with van der Waals surface area (Å²) in [5.74, 6) is -0.184. The Labute approximate surface area is 242 Å². The number of aromatic amines is 1. The Balaban J connectivity index is 1.12. The number of imidazole rings is 2. The van der Waals surface area contributed by atoms with Crippen molar-refractivity contribution in [2.75, 3.05) is 18.1 Å². The highest BCUT2D eigenvalue weighted by molar-refractivity contribution is 8.07. The Morgan fingerprint density at radius 3 is 2.58 bits per heavy atom. The number of aliphatic hydroxyl groups is 2. The smallest absolute Gasteiger partial charge is 0.325 e. The summed E-state index contributed by atoms with van der Waals surface area (Å²) in [6, 6.07) is 0. The maximum absolute atomic E-state index is 15.4. The summed E-state index contributed by atoms with van der Waals surface area (Å²) in [7, 11) is 0. The van der Waals surface area contributed by atoms with E-state index < -0.39 is 73.7 Å². The number of nitrogens with two attached hydrogens (primary N) is 2. The number of alkyl halides is 2. The molecule has 4 aromatic heterocycles. The maximum atomic E-state index is 15.4. The van der Waals surface area contributed by atoms with Crippen LogP contribution in [0.3, 0.4) is 0 Å². The van der Waals surface area contributed by atoms with E-state index in [1.165, 1.54) is 17.2 Å². The zero-order valence-electron chi connectivity index (χ0n) is 21.5. The first-order valence-electron chi connectivity index (χ1n) is 12.7. The second-order valence-corrected chi connectivity index (χ2v) is 13.0. The molecule has 0 amide bonds. The molecule has 8 N–H and O–H groups in total. The number of halogens is 2. The molecule has 0 bridgehead atoms. The number of aromatic nitrogens is 8. The van der Waals surface area contributed by atoms with Gasteiger partial charge in [-0.2, -0.15) is 4.98 Å². The zero-order valence-corrected chi connectivity index (χ0v) is 23.3. The lowest BCUT2D eigenvalue weighted by molar-refractivity contribution is -0.0628. The van der Waals surface area contributed by atoms with Crippen LogP contribution in [-0.4, -0.2) is 103 Å². The first kappa shape index (κ1) is 28.5. The van der Waals surface area contributed by atoms with Gasteiger partial charge in [0.05, 0.1) is 19.3 Å². The number of H-pyrrole nitrogens is 1. The Bertz CT molecular complexity index is 1840. The fourth-order valence-corrected chi connectivity index (χ4v) is 7.25. The van der Waals surface area contributed by atoms with E-state index in [1.807, 2.05) is 0 Å². The first-order valence-corrected chi connectivity index (χ1v) is 15.3. The summed E-state index contributed by atoms with van der Waals surface area (Å²) < 4.78 is 55.8. The van der Waals surface area contributed by atoms with Crippen molar-refractivity contribution < 1.29 is 42.4 Å². The number of hydrogen-bond acceptors (Lipinski definition) is 15. The van der Waals surface area contributed by atoms with Gasteiger partial charge in [0.1, 0.15) is 41.9 Å². The van der Waals surface area contributed by atoms with E-state index >= 15 is 8.78 Å². The first-order chi connectivity index (χ1) is 20.4. The molecule has 0 aromatic carbocycles. The largest absolute Gasteiger partial charge is 0.394 e. The molecule has 1 saturated carbocycles. The fraction of sp³-hybridized carbons (Fsp3) is 0.524. The van der Waals surface area contributed by atoms with Gasteiger partial charge in [0, 0.05) is 6.42 Å². The summed E-state index contributed by atoms with van der Waals surface area (Å²) in [5.41, 5.74) is 9.32. The number of nitrogen functional groups attached to an aromatic ring is 2. The van der Waals surface area contributed by atoms with Gasteiger partial charge in [-0.25, -0.2) is 28.7 Å². The predicted octanol–water partition coefficient (Wildman–Crippen LogP) is -1.29. The molecule has 18 nitrogen and oxygen atoms in total. The molecule has 2 saturated heterocycles. The van der Waals surface area contributed by atoms with Crippen molar-refractivity contribution in [3.8, 4) is 0 Å². The van der Waals surface area contributed by atoms with Crippen LogP contribution in [0.2, 0.25) is 0 Å². The lowest BCUT2D eigenvalue weighted by Crippen LogP contribution is -2.34. The molecule has 3 unspecified atom stereocenters. The van der Waals surface area contributed by atoms with Crippen LogP contribution in [0.15, 0.2) is 23.8 Å². The Hall–Kier alpha value is -3.27. The molecule has 6 heterocycles. The number of nitrogens with one attached hydrogen (secondary N) is 1. The lowest BCUT2D eigenvalue weighted by Gasteiger charge is -2.26. The summed E-state index contributed by atoms with van der Waals surface area (Å²) >= 11 is 5.16. The van der Waals surface area contributed by atoms with E-state index in [9.17, 15) is 19.9 Å². The molecule has 2 aliphatic heterocycles. The summed E-state index contributed by atoms with van der Waals surface area (Å²) in [6.07, 6.45) is -9.30. The van der Waals surface area contributed by atoms with Gasteiger partial charge in [-0.3, -0.25) is 23.4 Å². The van der Waals surface area contributed by atoms with Gasteiger partial charge in [0.15, 0.2) is 47.4 Å². The van der Waals surface area contributed by atoms with Crippen LogP contribution in [0.1, 0.15) is 18.9 Å². The molecule has 1 aliphatic carbocycles. The number of ether oxygens (including phenoxy) is 2. The molecule has 3 fully saturated rings. The SMILES string of the molecule is Nc1nc2c(ncn2[C@@H]2O[C@H](CO)[C@H](F)[C@H]2OP(O)(=S)OC2CC23O[C@@H](n2cnc4c(N)ncnc42)[C@@H](F)[C@@H]3O)c(=O)[nH]1. The molecule has 7 rings (SSSR count). The number of hydrogen-bond donors (Lipinski definition) is 6. The van der Waals surface area contributed by atoms with Gasteiger partial charge >= 0.3 is 6.72 Å². The number of fused-ring (bicyclic) bond motifs is 2. The molecule has 22 heteroatoms. The quantitative estimate of drug-likeness (QED) is 0.128. The number of nitrogens with zero attached hydrogens (tertiary/aromatic N) is 7. The van der Waals surface area contributed by atoms with E-state index in [4.69, 9.17) is 41.8 Å². The summed E-state index contributed by atoms with van der Waals surface area (Å²) in [6.45, 7) is -5.13. The number of rotatable bonds is 7. The highest BCUT2D eigenvalue weighted by atomic mass is 32.5. The molecular weight excluding hydrogens is 621 g/mol. The molecule has 1 spiro atoms. The van der Waals surface area contributed by atoms with Gasteiger partial charge in [-0.1, -0.05) is 0 Å². The van der Waals surface area contributed by atoms with Crippen molar-refractivity contribution in [1.82, 2.24) is 39.0 Å². The van der Waals surface area contributed by atoms with Crippen molar-refractivity contribution in [2.45, 2.75) is 61.2 Å². The van der Waals surface area contributed by atoms with Gasteiger partial charge in [0.2, 0.25) is 5.95 Å². The minimum absolute atomic E-state index is 0.0664. The van der Waals surface area contributed by atoms with Crippen molar-refractivity contribution in [3.05, 3.63) is 29.3 Å². The van der Waals surface area contributed by atoms with Crippen LogP contribution in [0.4, 0.5) is 20.5 Å². The van der Waals surface area contributed by atoms with Crippen molar-refractivity contribution in [3.63, 3.8) is 0 Å². The lowest BCUT2D eigenvalue weighted by atomic mass is 10.1. The molecule has 10 atom stereocenters. The van der Waals surface area contributed by atoms with Gasteiger partial charge in [0.25, 0.3) is 5.56 Å². The van der Waals surface area contributed by atoms with Crippen molar-refractivity contribution in [2.24, 2.45) is 0 Å². The third kappa shape index (κ3) is 4.42. The standard InChI is InChI=1S/C21H23F2N10O8PS/c22-8-6(2-34)38-19(33-5-29-11-16(33)30-20(25)31-17(11)36)12(8)41-42(37,43)40-7-1-21(7)13(35)9(23)18(39-21)32-4-28-10-14(24)26-3-27-15(10)32/h3-9,12-13,18-19,34-35H,1-2H2,(H,37,43)(H2,24,26,27)(H3,25,30,31,36)/t6-,7?,8+,9+,12-,13+,18-,19-,21?,42?/m1/s1. The van der Waals surface area contributed by atoms with Crippen LogP contribution in [0, 0.1) is 0 Å². The predicted molar refractivity (Wildman–Crippen MR) is 143 cm³/mol. The van der Waals surface area contributed by atoms with Crippen molar-refractivity contribution >= 4 is 52.6 Å². The average Bonchev–Trinajstić information content (AvgIpc) is 3.32. The van der Waals surface area contributed by atoms with Crippen LogP contribution in [-0.2, 0) is 30.3 Å². The molecule has 230 valence electrons. The molecule has 3 aliphatic rings. The zero-order chi connectivity index (χ0) is 30.4. The molecule has 43 heavy (non-hydrogen) atoms. The second-order valence-electron chi connectivity index (χ2n) is 10.2. The minimum Gasteiger partial charge on any atom is -0.394 e. The average molecular weight is 645 g/mol. The normalized spacial score (nSPS) is 35.3. The minimum atomic E-state index is -4.36. The van der Waals surface area contributed by atoms with Crippen molar-refractivity contribution in [1.29, 1.82) is 0 Å². The van der Waals surface area contributed by atoms with E-state index in [0.717, 1.165) is 10.9 Å². The van der Waals surface area contributed by atoms with Gasteiger partial charge in [-0.05, 0) is 11.8 Å². The Morgan fingerprint density at radius 1 is 1.12 bits per heavy atom. The molecular formula is C21H23F2N10O8PS. The van der Waals surface area contributed by atoms with Crippen LogP contribution < -0.4 is 17.0 Å². The fourth-order valence-electron chi connectivity index (χ4n) is 5.49. The third-order valence-electron chi connectivity index (χ3n) is 7.65. The maximum Gasteiger partial charge on any atom is 0.325 e.